The van der Waals surface area contributed by atoms with Gasteiger partial charge in [0, 0.05) is 11.8 Å². The van der Waals surface area contributed by atoms with Gasteiger partial charge in [-0.25, -0.2) is 13.4 Å². The van der Waals surface area contributed by atoms with E-state index in [0.717, 1.165) is 0 Å². The first-order valence-corrected chi connectivity index (χ1v) is 9.16. The summed E-state index contributed by atoms with van der Waals surface area (Å²) in [6, 6.07) is 7.42. The Labute approximate surface area is 151 Å². The normalized spacial score (nSPS) is 11.6. The van der Waals surface area contributed by atoms with Gasteiger partial charge in [0.2, 0.25) is 0 Å². The van der Waals surface area contributed by atoms with Gasteiger partial charge < -0.3 is 14.8 Å². The van der Waals surface area contributed by atoms with Crippen molar-refractivity contribution < 1.29 is 12.9 Å². The average Bonchev–Trinajstić information content (AvgIpc) is 3.22. The molecule has 0 radical (unpaired) electrons. The summed E-state index contributed by atoms with van der Waals surface area (Å²) in [5.74, 6) is 0.944. The number of aromatic nitrogens is 5. The number of H-pyrrole nitrogens is 2. The second-order valence-corrected chi connectivity index (χ2v) is 7.29. The second kappa shape index (κ2) is 6.25. The lowest BCUT2D eigenvalue weighted by atomic mass is 10.3. The predicted molar refractivity (Wildman–Crippen MR) is 96.3 cm³/mol. The Hall–Kier alpha value is -3.67. The maximum Gasteiger partial charge on any atom is 0.264 e. The quantitative estimate of drug-likeness (QED) is 0.401. The lowest BCUT2D eigenvalue weighted by Crippen LogP contribution is -2.13. The van der Waals surface area contributed by atoms with Crippen molar-refractivity contribution in [2.75, 3.05) is 10.0 Å². The van der Waals surface area contributed by atoms with Crippen LogP contribution in [-0.2, 0) is 10.0 Å². The van der Waals surface area contributed by atoms with Gasteiger partial charge in [0.1, 0.15) is 17.0 Å². The first-order chi connectivity index (χ1) is 12.9. The van der Waals surface area contributed by atoms with Crippen LogP contribution in [0.2, 0.25) is 0 Å². The van der Waals surface area contributed by atoms with Crippen molar-refractivity contribution in [2.45, 2.75) is 11.8 Å². The number of benzene rings is 1. The van der Waals surface area contributed by atoms with Crippen LogP contribution in [0.3, 0.4) is 0 Å². The molecule has 1 aromatic carbocycles. The Balaban J connectivity index is 1.57. The van der Waals surface area contributed by atoms with Crippen molar-refractivity contribution >= 4 is 38.4 Å². The van der Waals surface area contributed by atoms with E-state index >= 15 is 0 Å². The van der Waals surface area contributed by atoms with Crippen LogP contribution in [0, 0.1) is 6.92 Å². The minimum Gasteiger partial charge on any atom is -0.360 e. The standard InChI is InChI=1S/C15H13N7O4S/c1-8-6-11(21-26-8)22-27(24,25)10-4-2-9(3-5-10)18-14-12-13(19-20-14)16-7-17-15(12)23/h2-7H,1H3,(H,21,22)(H3,16,17,18,19,20,23). The number of anilines is 3. The molecular formula is C15H13N7O4S. The van der Waals surface area contributed by atoms with Gasteiger partial charge in [-0.15, -0.1) is 0 Å². The van der Waals surface area contributed by atoms with Crippen LogP contribution >= 0.6 is 0 Å². The lowest BCUT2D eigenvalue weighted by Gasteiger charge is -2.07. The molecule has 0 unspecified atom stereocenters. The number of fused-ring (bicyclic) bond motifs is 1. The van der Waals surface area contributed by atoms with E-state index in [1.165, 1.54) is 24.5 Å². The third-order valence-corrected chi connectivity index (χ3v) is 5.03. The van der Waals surface area contributed by atoms with E-state index in [-0.39, 0.29) is 27.3 Å². The molecule has 0 fully saturated rings. The zero-order valence-corrected chi connectivity index (χ0v) is 14.7. The molecule has 0 aliphatic rings. The van der Waals surface area contributed by atoms with Crippen LogP contribution in [0.15, 0.2) is 50.9 Å². The number of nitrogens with one attached hydrogen (secondary N) is 4. The van der Waals surface area contributed by atoms with Crippen molar-refractivity contribution in [1.82, 2.24) is 25.3 Å². The first-order valence-electron chi connectivity index (χ1n) is 7.67. The molecule has 4 aromatic rings. The van der Waals surface area contributed by atoms with E-state index in [2.05, 4.69) is 35.4 Å². The van der Waals surface area contributed by atoms with E-state index < -0.39 is 10.0 Å². The monoisotopic (exact) mass is 387 g/mol. The summed E-state index contributed by atoms with van der Waals surface area (Å²) in [5, 5.41) is 13.5. The molecule has 138 valence electrons. The summed E-state index contributed by atoms with van der Waals surface area (Å²) >= 11 is 0. The molecule has 0 spiro atoms. The summed E-state index contributed by atoms with van der Waals surface area (Å²) in [6.07, 6.45) is 1.26. The molecule has 3 aromatic heterocycles. The van der Waals surface area contributed by atoms with Crippen LogP contribution in [0.5, 0.6) is 0 Å². The van der Waals surface area contributed by atoms with Gasteiger partial charge in [-0.1, -0.05) is 5.16 Å². The highest BCUT2D eigenvalue weighted by Gasteiger charge is 2.16. The van der Waals surface area contributed by atoms with E-state index in [4.69, 9.17) is 4.52 Å². The Morgan fingerprint density at radius 2 is 1.96 bits per heavy atom. The third kappa shape index (κ3) is 3.25. The molecule has 0 aliphatic heterocycles. The molecule has 11 nitrogen and oxygen atoms in total. The van der Waals surface area contributed by atoms with Crippen molar-refractivity contribution in [2.24, 2.45) is 0 Å². The van der Waals surface area contributed by atoms with Crippen molar-refractivity contribution in [1.29, 1.82) is 0 Å². The van der Waals surface area contributed by atoms with Crippen molar-refractivity contribution in [3.8, 4) is 0 Å². The van der Waals surface area contributed by atoms with Gasteiger partial charge >= 0.3 is 0 Å². The number of hydrogen-bond donors (Lipinski definition) is 4. The molecule has 0 saturated carbocycles. The fourth-order valence-electron chi connectivity index (χ4n) is 2.43. The number of sulfonamides is 1. The molecule has 0 bridgehead atoms. The molecule has 27 heavy (non-hydrogen) atoms. The third-order valence-electron chi connectivity index (χ3n) is 3.66. The Bertz CT molecular complexity index is 1270. The van der Waals surface area contributed by atoms with Gasteiger partial charge in [0.15, 0.2) is 11.5 Å². The number of aromatic amines is 2. The fraction of sp³-hybridized carbons (Fsp3) is 0.0667. The summed E-state index contributed by atoms with van der Waals surface area (Å²) < 4.78 is 31.9. The minimum atomic E-state index is -3.81. The highest BCUT2D eigenvalue weighted by atomic mass is 32.2. The summed E-state index contributed by atoms with van der Waals surface area (Å²) in [7, 11) is -3.81. The lowest BCUT2D eigenvalue weighted by molar-refractivity contribution is 0.400. The van der Waals surface area contributed by atoms with Gasteiger partial charge in [-0.2, -0.15) is 5.10 Å². The van der Waals surface area contributed by atoms with E-state index in [0.29, 0.717) is 17.3 Å². The molecular weight excluding hydrogens is 374 g/mol. The summed E-state index contributed by atoms with van der Waals surface area (Å²) in [4.78, 5) is 18.4. The smallest absolute Gasteiger partial charge is 0.264 e. The topological polar surface area (TPSA) is 159 Å². The summed E-state index contributed by atoms with van der Waals surface area (Å²) in [5.41, 5.74) is 0.482. The summed E-state index contributed by atoms with van der Waals surface area (Å²) in [6.45, 7) is 1.66. The van der Waals surface area contributed by atoms with Crippen molar-refractivity contribution in [3.63, 3.8) is 0 Å². The van der Waals surface area contributed by atoms with Crippen LogP contribution in [-0.4, -0.2) is 33.7 Å². The average molecular weight is 387 g/mol. The number of aryl methyl sites for hydroxylation is 1. The van der Waals surface area contributed by atoms with Crippen LogP contribution in [0.1, 0.15) is 5.76 Å². The predicted octanol–water partition coefficient (Wildman–Crippen LogP) is 1.49. The van der Waals surface area contributed by atoms with E-state index in [1.807, 2.05) is 0 Å². The molecule has 0 saturated heterocycles. The molecule has 0 atom stereocenters. The molecule has 0 amide bonds. The maximum absolute atomic E-state index is 12.4. The van der Waals surface area contributed by atoms with Gasteiger partial charge in [0.25, 0.3) is 15.6 Å². The highest BCUT2D eigenvalue weighted by molar-refractivity contribution is 7.92. The van der Waals surface area contributed by atoms with Gasteiger partial charge in [-0.3, -0.25) is 14.6 Å². The maximum atomic E-state index is 12.4. The molecule has 12 heteroatoms. The first kappa shape index (κ1) is 16.8. The molecule has 0 aliphatic carbocycles. The molecule has 4 N–H and O–H groups in total. The number of rotatable bonds is 5. The zero-order chi connectivity index (χ0) is 19.0. The second-order valence-electron chi connectivity index (χ2n) is 5.61. The Kier molecular flexibility index (Phi) is 3.88. The molecule has 3 heterocycles. The van der Waals surface area contributed by atoms with Crippen molar-refractivity contribution in [3.05, 3.63) is 52.8 Å². The number of nitrogens with zero attached hydrogens (tertiary/aromatic N) is 3. The largest absolute Gasteiger partial charge is 0.360 e. The van der Waals surface area contributed by atoms with Gasteiger partial charge in [-0.05, 0) is 31.2 Å². The molecule has 4 rings (SSSR count). The minimum absolute atomic E-state index is 0.0442. The Morgan fingerprint density at radius 3 is 2.67 bits per heavy atom. The van der Waals surface area contributed by atoms with Crippen LogP contribution in [0.25, 0.3) is 11.0 Å². The van der Waals surface area contributed by atoms with Gasteiger partial charge in [0.05, 0.1) is 11.2 Å². The van der Waals surface area contributed by atoms with E-state index in [1.54, 1.807) is 19.1 Å². The zero-order valence-electron chi connectivity index (χ0n) is 13.8. The fourth-order valence-corrected chi connectivity index (χ4v) is 3.41. The highest BCUT2D eigenvalue weighted by Crippen LogP contribution is 2.22. The number of hydrogen-bond acceptors (Lipinski definition) is 8. The van der Waals surface area contributed by atoms with Crippen LogP contribution < -0.4 is 15.6 Å². The Morgan fingerprint density at radius 1 is 1.19 bits per heavy atom. The van der Waals surface area contributed by atoms with Crippen LogP contribution in [0.4, 0.5) is 17.3 Å². The SMILES string of the molecule is Cc1cc(NS(=O)(=O)c2ccc(Nc3[nH]nc4nc[nH]c(=O)c34)cc2)no1. The van der Waals surface area contributed by atoms with E-state index in [9.17, 15) is 13.2 Å².